The molecule has 0 aliphatic carbocycles. The lowest BCUT2D eigenvalue weighted by Gasteiger charge is -2.15. The summed E-state index contributed by atoms with van der Waals surface area (Å²) in [4.78, 5) is 12.5. The molecule has 0 aliphatic heterocycles. The SMILES string of the molecule is COc1cccc(NC(=O)Nc2cccc(-c3ccc(Cl)cc3)c2)c1CCO. The molecule has 0 bridgehead atoms. The zero-order valence-electron chi connectivity index (χ0n) is 15.4. The molecule has 3 rings (SSSR count). The summed E-state index contributed by atoms with van der Waals surface area (Å²) in [5, 5.41) is 15.6. The van der Waals surface area contributed by atoms with E-state index in [-0.39, 0.29) is 12.6 Å². The summed E-state index contributed by atoms with van der Waals surface area (Å²) < 4.78 is 5.32. The summed E-state index contributed by atoms with van der Waals surface area (Å²) >= 11 is 5.94. The third-order valence-corrected chi connectivity index (χ3v) is 4.51. The zero-order chi connectivity index (χ0) is 19.9. The molecular formula is C22H21ClN2O3. The number of carbonyl (C=O) groups excluding carboxylic acids is 1. The number of amides is 2. The summed E-state index contributed by atoms with van der Waals surface area (Å²) in [7, 11) is 1.56. The summed E-state index contributed by atoms with van der Waals surface area (Å²) in [6.07, 6.45) is 0.381. The highest BCUT2D eigenvalue weighted by Gasteiger charge is 2.12. The number of rotatable bonds is 6. The van der Waals surface area contributed by atoms with Crippen molar-refractivity contribution in [3.63, 3.8) is 0 Å². The van der Waals surface area contributed by atoms with Crippen LogP contribution in [0.25, 0.3) is 11.1 Å². The molecule has 0 heterocycles. The number of ether oxygens (including phenoxy) is 1. The van der Waals surface area contributed by atoms with Gasteiger partial charge in [-0.15, -0.1) is 0 Å². The highest BCUT2D eigenvalue weighted by Crippen LogP contribution is 2.28. The van der Waals surface area contributed by atoms with Gasteiger partial charge in [-0.1, -0.05) is 41.9 Å². The number of benzene rings is 3. The second-order valence-corrected chi connectivity index (χ2v) is 6.56. The molecule has 28 heavy (non-hydrogen) atoms. The first-order chi connectivity index (χ1) is 13.6. The molecule has 6 heteroatoms. The van der Waals surface area contributed by atoms with Gasteiger partial charge in [-0.05, 0) is 47.5 Å². The largest absolute Gasteiger partial charge is 0.496 e. The maximum absolute atomic E-state index is 12.5. The number of hydrogen-bond donors (Lipinski definition) is 3. The number of aliphatic hydroxyl groups is 1. The van der Waals surface area contributed by atoms with E-state index >= 15 is 0 Å². The highest BCUT2D eigenvalue weighted by molar-refractivity contribution is 6.30. The summed E-state index contributed by atoms with van der Waals surface area (Å²) in [6.45, 7) is -0.0419. The molecule has 0 atom stereocenters. The normalized spacial score (nSPS) is 10.4. The van der Waals surface area contributed by atoms with E-state index < -0.39 is 0 Å². The number of aliphatic hydroxyl groups excluding tert-OH is 1. The monoisotopic (exact) mass is 396 g/mol. The highest BCUT2D eigenvalue weighted by atomic mass is 35.5. The van der Waals surface area contributed by atoms with Gasteiger partial charge in [0, 0.05) is 35.0 Å². The molecule has 0 fully saturated rings. The number of methoxy groups -OCH3 is 1. The van der Waals surface area contributed by atoms with Crippen LogP contribution in [0, 0.1) is 0 Å². The lowest BCUT2D eigenvalue weighted by atomic mass is 10.1. The van der Waals surface area contributed by atoms with Crippen molar-refractivity contribution in [2.45, 2.75) is 6.42 Å². The molecule has 0 saturated carbocycles. The quantitative estimate of drug-likeness (QED) is 0.536. The molecule has 0 saturated heterocycles. The van der Waals surface area contributed by atoms with Crippen molar-refractivity contribution in [3.8, 4) is 16.9 Å². The first kappa shape index (κ1) is 19.7. The van der Waals surface area contributed by atoms with E-state index in [0.29, 0.717) is 28.6 Å². The first-order valence-electron chi connectivity index (χ1n) is 8.81. The van der Waals surface area contributed by atoms with E-state index in [9.17, 15) is 9.90 Å². The molecule has 5 nitrogen and oxygen atoms in total. The van der Waals surface area contributed by atoms with E-state index in [1.807, 2.05) is 48.5 Å². The number of anilines is 2. The average Bonchev–Trinajstić information content (AvgIpc) is 2.70. The van der Waals surface area contributed by atoms with Crippen LogP contribution in [-0.2, 0) is 6.42 Å². The van der Waals surface area contributed by atoms with Gasteiger partial charge >= 0.3 is 6.03 Å². The Bertz CT molecular complexity index is 958. The van der Waals surface area contributed by atoms with Crippen molar-refractivity contribution < 1.29 is 14.6 Å². The summed E-state index contributed by atoms with van der Waals surface area (Å²) in [5.41, 5.74) is 3.98. The molecule has 0 aliphatic rings. The van der Waals surface area contributed by atoms with Crippen molar-refractivity contribution in [3.05, 3.63) is 77.3 Å². The van der Waals surface area contributed by atoms with Crippen LogP contribution in [0.5, 0.6) is 5.75 Å². The predicted molar refractivity (Wildman–Crippen MR) is 113 cm³/mol. The van der Waals surface area contributed by atoms with Gasteiger partial charge in [0.05, 0.1) is 7.11 Å². The Balaban J connectivity index is 1.75. The number of hydrogen-bond acceptors (Lipinski definition) is 3. The van der Waals surface area contributed by atoms with Gasteiger partial charge in [-0.3, -0.25) is 0 Å². The van der Waals surface area contributed by atoms with E-state index in [4.69, 9.17) is 16.3 Å². The van der Waals surface area contributed by atoms with Gasteiger partial charge in [0.25, 0.3) is 0 Å². The number of halogens is 1. The topological polar surface area (TPSA) is 70.6 Å². The van der Waals surface area contributed by atoms with Gasteiger partial charge in [-0.2, -0.15) is 0 Å². The molecule has 0 unspecified atom stereocenters. The fourth-order valence-electron chi connectivity index (χ4n) is 2.95. The Morgan fingerprint density at radius 1 is 1.00 bits per heavy atom. The molecule has 0 spiro atoms. The van der Waals surface area contributed by atoms with Crippen molar-refractivity contribution in [2.75, 3.05) is 24.4 Å². The minimum absolute atomic E-state index is 0.0419. The first-order valence-corrected chi connectivity index (χ1v) is 9.19. The van der Waals surface area contributed by atoms with Crippen molar-refractivity contribution >= 4 is 29.0 Å². The van der Waals surface area contributed by atoms with Gasteiger partial charge in [0.15, 0.2) is 0 Å². The fraction of sp³-hybridized carbons (Fsp3) is 0.136. The van der Waals surface area contributed by atoms with Gasteiger partial charge in [0.1, 0.15) is 5.75 Å². The molecule has 0 aromatic heterocycles. The maximum Gasteiger partial charge on any atom is 0.323 e. The van der Waals surface area contributed by atoms with Gasteiger partial charge in [0.2, 0.25) is 0 Å². The Morgan fingerprint density at radius 2 is 1.75 bits per heavy atom. The van der Waals surface area contributed by atoms with Crippen LogP contribution in [0.15, 0.2) is 66.7 Å². The van der Waals surface area contributed by atoms with Crippen LogP contribution in [-0.4, -0.2) is 24.9 Å². The number of urea groups is 1. The zero-order valence-corrected chi connectivity index (χ0v) is 16.2. The second kappa shape index (κ2) is 9.26. The maximum atomic E-state index is 12.5. The Morgan fingerprint density at radius 3 is 2.46 bits per heavy atom. The molecular weight excluding hydrogens is 376 g/mol. The molecule has 144 valence electrons. The van der Waals surface area contributed by atoms with Gasteiger partial charge in [-0.25, -0.2) is 4.79 Å². The average molecular weight is 397 g/mol. The Kier molecular flexibility index (Phi) is 6.53. The van der Waals surface area contributed by atoms with E-state index in [1.54, 1.807) is 25.3 Å². The molecule has 3 aromatic carbocycles. The second-order valence-electron chi connectivity index (χ2n) is 6.13. The Labute approximate surface area is 168 Å². The van der Waals surface area contributed by atoms with E-state index in [1.165, 1.54) is 0 Å². The fourth-order valence-corrected chi connectivity index (χ4v) is 3.07. The molecule has 3 aromatic rings. The molecule has 2 amide bonds. The van der Waals surface area contributed by atoms with Crippen molar-refractivity contribution in [2.24, 2.45) is 0 Å². The smallest absolute Gasteiger partial charge is 0.323 e. The summed E-state index contributed by atoms with van der Waals surface area (Å²) in [5.74, 6) is 0.622. The van der Waals surface area contributed by atoms with Crippen molar-refractivity contribution in [1.29, 1.82) is 0 Å². The van der Waals surface area contributed by atoms with Gasteiger partial charge < -0.3 is 20.5 Å². The molecule has 3 N–H and O–H groups in total. The van der Waals surface area contributed by atoms with E-state index in [2.05, 4.69) is 10.6 Å². The standard InChI is InChI=1S/C22H21ClN2O3/c1-28-21-7-3-6-20(19(21)12-13-26)25-22(27)24-18-5-2-4-16(14-18)15-8-10-17(23)11-9-15/h2-11,14,26H,12-13H2,1H3,(H2,24,25,27). The molecule has 0 radical (unpaired) electrons. The van der Waals surface area contributed by atoms with Crippen LogP contribution in [0.1, 0.15) is 5.56 Å². The third-order valence-electron chi connectivity index (χ3n) is 4.26. The van der Waals surface area contributed by atoms with Crippen LogP contribution in [0.4, 0.5) is 16.2 Å². The summed E-state index contributed by atoms with van der Waals surface area (Å²) in [6, 6.07) is 20.1. The predicted octanol–water partition coefficient (Wildman–Crippen LogP) is 5.19. The van der Waals surface area contributed by atoms with Crippen LogP contribution in [0.2, 0.25) is 5.02 Å². The van der Waals surface area contributed by atoms with Crippen LogP contribution < -0.4 is 15.4 Å². The lowest BCUT2D eigenvalue weighted by molar-refractivity contribution is 0.262. The Hall–Kier alpha value is -3.02. The minimum atomic E-state index is -0.374. The minimum Gasteiger partial charge on any atom is -0.496 e. The number of nitrogens with one attached hydrogen (secondary N) is 2. The lowest BCUT2D eigenvalue weighted by Crippen LogP contribution is -2.20. The third kappa shape index (κ3) is 4.82. The van der Waals surface area contributed by atoms with E-state index in [0.717, 1.165) is 16.7 Å². The van der Waals surface area contributed by atoms with Crippen LogP contribution >= 0.6 is 11.6 Å². The van der Waals surface area contributed by atoms with Crippen molar-refractivity contribution in [1.82, 2.24) is 0 Å². The van der Waals surface area contributed by atoms with Crippen LogP contribution in [0.3, 0.4) is 0 Å². The number of carbonyl (C=O) groups is 1.